The Bertz CT molecular complexity index is 795. The number of hydrogen-bond acceptors (Lipinski definition) is 3. The van der Waals surface area contributed by atoms with Crippen molar-refractivity contribution in [2.24, 2.45) is 0 Å². The molecule has 4 nitrogen and oxygen atoms in total. The third-order valence-corrected chi connectivity index (χ3v) is 3.21. The van der Waals surface area contributed by atoms with E-state index < -0.39 is 0 Å². The van der Waals surface area contributed by atoms with E-state index in [0.717, 1.165) is 10.9 Å². The van der Waals surface area contributed by atoms with Crippen LogP contribution in [-0.4, -0.2) is 10.9 Å². The summed E-state index contributed by atoms with van der Waals surface area (Å²) in [6.45, 7) is 1.97. The van der Waals surface area contributed by atoms with Crippen molar-refractivity contribution in [1.82, 2.24) is 4.98 Å². The number of carbonyl (C=O) groups is 1. The molecule has 0 radical (unpaired) electrons. The molecule has 1 N–H and O–H groups in total. The van der Waals surface area contributed by atoms with Gasteiger partial charge in [0.1, 0.15) is 5.58 Å². The molecule has 1 amide bonds. The lowest BCUT2D eigenvalue weighted by atomic mass is 10.2. The van der Waals surface area contributed by atoms with Gasteiger partial charge in [0.15, 0.2) is 10.9 Å². The molecule has 5 heteroatoms. The summed E-state index contributed by atoms with van der Waals surface area (Å²) in [5.74, 6) is -0.112. The van der Waals surface area contributed by atoms with Crippen molar-refractivity contribution < 1.29 is 9.21 Å². The number of aryl methyl sites for hydroxylation is 1. The minimum absolute atomic E-state index is 0.241. The third kappa shape index (κ3) is 2.38. The topological polar surface area (TPSA) is 55.1 Å². The highest BCUT2D eigenvalue weighted by Gasteiger charge is 2.14. The first-order chi connectivity index (χ1) is 9.63. The highest BCUT2D eigenvalue weighted by molar-refractivity contribution is 6.32. The molecule has 20 heavy (non-hydrogen) atoms. The van der Waals surface area contributed by atoms with E-state index in [-0.39, 0.29) is 16.8 Å². The highest BCUT2D eigenvalue weighted by atomic mass is 35.5. The lowest BCUT2D eigenvalue weighted by Crippen LogP contribution is -2.11. The van der Waals surface area contributed by atoms with E-state index in [9.17, 15) is 4.79 Å². The Hall–Kier alpha value is -2.33. The molecule has 2 heterocycles. The average Bonchev–Trinajstić information content (AvgIpc) is 2.84. The van der Waals surface area contributed by atoms with Crippen LogP contribution in [0.3, 0.4) is 0 Å². The van der Waals surface area contributed by atoms with E-state index in [1.165, 1.54) is 0 Å². The number of hydrogen-bond donors (Lipinski definition) is 1. The van der Waals surface area contributed by atoms with Crippen molar-refractivity contribution in [3.05, 3.63) is 59.1 Å². The molecule has 0 saturated heterocycles. The van der Waals surface area contributed by atoms with Gasteiger partial charge in [-0.2, -0.15) is 0 Å². The average molecular weight is 287 g/mol. The molecule has 3 rings (SSSR count). The Labute approximate surface area is 120 Å². The Balaban J connectivity index is 1.91. The molecule has 0 aliphatic heterocycles. The van der Waals surface area contributed by atoms with E-state index in [0.29, 0.717) is 11.3 Å². The van der Waals surface area contributed by atoms with Crippen LogP contribution < -0.4 is 5.32 Å². The van der Waals surface area contributed by atoms with Crippen molar-refractivity contribution in [2.75, 3.05) is 5.32 Å². The zero-order chi connectivity index (χ0) is 14.1. The second-order valence-electron chi connectivity index (χ2n) is 4.45. The monoisotopic (exact) mass is 286 g/mol. The van der Waals surface area contributed by atoms with Crippen LogP contribution in [0, 0.1) is 6.92 Å². The maximum Gasteiger partial charge on any atom is 0.291 e. The van der Waals surface area contributed by atoms with Gasteiger partial charge in [-0.25, -0.2) is 4.98 Å². The summed E-state index contributed by atoms with van der Waals surface area (Å²) in [4.78, 5) is 16.0. The first-order valence-corrected chi connectivity index (χ1v) is 6.43. The number of halogens is 1. The predicted octanol–water partition coefficient (Wildman–Crippen LogP) is 4.04. The molecule has 0 aliphatic carbocycles. The van der Waals surface area contributed by atoms with Crippen LogP contribution in [0.1, 0.15) is 16.1 Å². The van der Waals surface area contributed by atoms with Gasteiger partial charge in [0, 0.05) is 11.6 Å². The van der Waals surface area contributed by atoms with Gasteiger partial charge in [-0.15, -0.1) is 0 Å². The van der Waals surface area contributed by atoms with Gasteiger partial charge in [-0.05, 0) is 36.8 Å². The number of rotatable bonds is 2. The molecule has 3 aromatic rings. The second-order valence-corrected chi connectivity index (χ2v) is 4.81. The van der Waals surface area contributed by atoms with Crippen LogP contribution in [0.4, 0.5) is 5.69 Å². The minimum atomic E-state index is -0.353. The number of nitrogens with zero attached hydrogens (tertiary/aromatic N) is 1. The minimum Gasteiger partial charge on any atom is -0.451 e. The van der Waals surface area contributed by atoms with Gasteiger partial charge in [0.25, 0.3) is 5.91 Å². The largest absolute Gasteiger partial charge is 0.451 e. The quantitative estimate of drug-likeness (QED) is 0.723. The molecule has 0 atom stereocenters. The van der Waals surface area contributed by atoms with Gasteiger partial charge in [0.05, 0.1) is 5.69 Å². The van der Waals surface area contributed by atoms with Crippen LogP contribution in [0.25, 0.3) is 11.0 Å². The Morgan fingerprint density at radius 3 is 2.95 bits per heavy atom. The summed E-state index contributed by atoms with van der Waals surface area (Å²) in [7, 11) is 0. The maximum absolute atomic E-state index is 12.1. The number of fused-ring (bicyclic) bond motifs is 1. The van der Waals surface area contributed by atoms with Gasteiger partial charge in [0.2, 0.25) is 0 Å². The van der Waals surface area contributed by atoms with Gasteiger partial charge in [-0.3, -0.25) is 4.79 Å². The van der Waals surface area contributed by atoms with E-state index >= 15 is 0 Å². The molecule has 2 aromatic heterocycles. The molecular weight excluding hydrogens is 276 g/mol. The molecule has 0 spiro atoms. The number of nitrogens with one attached hydrogen (secondary N) is 1. The summed E-state index contributed by atoms with van der Waals surface area (Å²) in [6, 6.07) is 10.9. The fourth-order valence-corrected chi connectivity index (χ4v) is 2.08. The Morgan fingerprint density at radius 2 is 2.15 bits per heavy atom. The summed E-state index contributed by atoms with van der Waals surface area (Å²) in [6.07, 6.45) is 1.56. The normalized spacial score (nSPS) is 10.7. The number of amides is 1. The van der Waals surface area contributed by atoms with Crippen molar-refractivity contribution >= 4 is 34.2 Å². The SMILES string of the molecule is Cc1ccc2cc(C(=O)Nc3cccnc3Cl)oc2c1. The van der Waals surface area contributed by atoms with Crippen LogP contribution in [0.2, 0.25) is 5.15 Å². The van der Waals surface area contributed by atoms with Gasteiger partial charge in [-0.1, -0.05) is 23.7 Å². The smallest absolute Gasteiger partial charge is 0.291 e. The fraction of sp³-hybridized carbons (Fsp3) is 0.0667. The van der Waals surface area contributed by atoms with Crippen LogP contribution >= 0.6 is 11.6 Å². The summed E-state index contributed by atoms with van der Waals surface area (Å²) in [5, 5.41) is 3.81. The zero-order valence-electron chi connectivity index (χ0n) is 10.7. The van der Waals surface area contributed by atoms with Gasteiger partial charge < -0.3 is 9.73 Å². The highest BCUT2D eigenvalue weighted by Crippen LogP contribution is 2.23. The lowest BCUT2D eigenvalue weighted by molar-refractivity contribution is 0.0998. The first kappa shape index (κ1) is 12.7. The van der Waals surface area contributed by atoms with Crippen molar-refractivity contribution in [1.29, 1.82) is 0 Å². The first-order valence-electron chi connectivity index (χ1n) is 6.05. The van der Waals surface area contributed by atoms with Gasteiger partial charge >= 0.3 is 0 Å². The van der Waals surface area contributed by atoms with Crippen molar-refractivity contribution in [3.8, 4) is 0 Å². The third-order valence-electron chi connectivity index (χ3n) is 2.91. The molecule has 0 saturated carbocycles. The molecule has 0 fully saturated rings. The second kappa shape index (κ2) is 4.98. The molecule has 0 bridgehead atoms. The summed E-state index contributed by atoms with van der Waals surface area (Å²) in [5.41, 5.74) is 2.22. The van der Waals surface area contributed by atoms with Crippen LogP contribution in [0.5, 0.6) is 0 Å². The Morgan fingerprint density at radius 1 is 1.30 bits per heavy atom. The molecule has 0 unspecified atom stereocenters. The van der Waals surface area contributed by atoms with E-state index in [2.05, 4.69) is 10.3 Å². The molecule has 1 aromatic carbocycles. The molecule has 100 valence electrons. The number of carbonyl (C=O) groups excluding carboxylic acids is 1. The lowest BCUT2D eigenvalue weighted by Gasteiger charge is -2.03. The van der Waals surface area contributed by atoms with Crippen LogP contribution in [0.15, 0.2) is 47.0 Å². The van der Waals surface area contributed by atoms with E-state index in [1.54, 1.807) is 24.4 Å². The standard InChI is InChI=1S/C15H11ClN2O2/c1-9-4-5-10-8-13(20-12(10)7-9)15(19)18-11-3-2-6-17-14(11)16/h2-8H,1H3,(H,18,19). The number of benzene rings is 1. The van der Waals surface area contributed by atoms with Crippen molar-refractivity contribution in [3.63, 3.8) is 0 Å². The van der Waals surface area contributed by atoms with Crippen LogP contribution in [-0.2, 0) is 0 Å². The number of pyridine rings is 1. The summed E-state index contributed by atoms with van der Waals surface area (Å²) >= 11 is 5.90. The fourth-order valence-electron chi connectivity index (χ4n) is 1.91. The summed E-state index contributed by atoms with van der Waals surface area (Å²) < 4.78 is 5.55. The molecule has 0 aliphatic rings. The Kier molecular flexibility index (Phi) is 3.16. The van der Waals surface area contributed by atoms with E-state index in [1.807, 2.05) is 25.1 Å². The number of anilines is 1. The zero-order valence-corrected chi connectivity index (χ0v) is 11.4. The number of furan rings is 1. The predicted molar refractivity (Wildman–Crippen MR) is 78.2 cm³/mol. The van der Waals surface area contributed by atoms with Crippen molar-refractivity contribution in [2.45, 2.75) is 6.92 Å². The maximum atomic E-state index is 12.1. The molecular formula is C15H11ClN2O2. The van der Waals surface area contributed by atoms with E-state index in [4.69, 9.17) is 16.0 Å². The number of aromatic nitrogens is 1.